The first kappa shape index (κ1) is 18.2. The predicted octanol–water partition coefficient (Wildman–Crippen LogP) is 5.50. The van der Waals surface area contributed by atoms with Gasteiger partial charge in [0.1, 0.15) is 11.0 Å². The molecule has 0 amide bonds. The third-order valence-corrected chi connectivity index (χ3v) is 5.76. The average molecular weight is 405 g/mol. The first-order valence-electron chi connectivity index (χ1n) is 7.08. The minimum Gasteiger partial charge on any atom is -0.384 e. The van der Waals surface area contributed by atoms with Crippen molar-refractivity contribution in [2.75, 3.05) is 5.73 Å². The minimum absolute atomic E-state index is 0.0562. The lowest BCUT2D eigenvalue weighted by molar-refractivity contribution is -0.141. The fraction of sp³-hybridized carbons (Fsp3) is 0.267. The Morgan fingerprint density at radius 3 is 2.60 bits per heavy atom. The van der Waals surface area contributed by atoms with Gasteiger partial charge in [-0.1, -0.05) is 23.4 Å². The molecule has 10 heteroatoms. The van der Waals surface area contributed by atoms with Gasteiger partial charge in [-0.05, 0) is 31.4 Å². The number of hydrogen-bond donors (Lipinski definition) is 1. The molecule has 0 aromatic carbocycles. The number of aromatic nitrogens is 3. The van der Waals surface area contributed by atoms with Crippen molar-refractivity contribution in [3.8, 4) is 0 Å². The third-order valence-electron chi connectivity index (χ3n) is 3.32. The highest BCUT2D eigenvalue weighted by molar-refractivity contribution is 7.99. The van der Waals surface area contributed by atoms with Gasteiger partial charge in [0.25, 0.3) is 0 Å². The Hall–Kier alpha value is -1.58. The van der Waals surface area contributed by atoms with E-state index in [0.29, 0.717) is 16.9 Å². The van der Waals surface area contributed by atoms with E-state index in [1.165, 1.54) is 0 Å². The summed E-state index contributed by atoms with van der Waals surface area (Å²) in [6, 6.07) is 4.58. The SMILES string of the molecule is Cc1cc2cc(C(C)Sc3nc(N)cc(C(F)(F)F)n3)nc(Cl)c2s1. The van der Waals surface area contributed by atoms with Crippen molar-refractivity contribution in [1.29, 1.82) is 0 Å². The van der Waals surface area contributed by atoms with Crippen LogP contribution in [-0.4, -0.2) is 15.0 Å². The molecule has 0 bridgehead atoms. The summed E-state index contributed by atoms with van der Waals surface area (Å²) in [6.07, 6.45) is -4.58. The number of thiophene rings is 1. The zero-order valence-electron chi connectivity index (χ0n) is 13.1. The van der Waals surface area contributed by atoms with E-state index in [-0.39, 0.29) is 16.2 Å². The molecule has 0 saturated carbocycles. The molecular formula is C15H12ClF3N4S2. The Bertz CT molecular complexity index is 942. The van der Waals surface area contributed by atoms with Gasteiger partial charge in [0.05, 0.1) is 15.6 Å². The van der Waals surface area contributed by atoms with Crippen LogP contribution in [0.2, 0.25) is 5.15 Å². The quantitative estimate of drug-likeness (QED) is 0.354. The van der Waals surface area contributed by atoms with Gasteiger partial charge in [0, 0.05) is 10.9 Å². The van der Waals surface area contributed by atoms with E-state index in [4.69, 9.17) is 17.3 Å². The Morgan fingerprint density at radius 2 is 1.92 bits per heavy atom. The van der Waals surface area contributed by atoms with Gasteiger partial charge in [-0.2, -0.15) is 13.2 Å². The number of anilines is 1. The summed E-state index contributed by atoms with van der Waals surface area (Å²) in [5, 5.41) is 0.973. The van der Waals surface area contributed by atoms with E-state index in [2.05, 4.69) is 15.0 Å². The molecule has 3 aromatic rings. The molecule has 3 heterocycles. The van der Waals surface area contributed by atoms with Crippen molar-refractivity contribution in [2.45, 2.75) is 30.4 Å². The second kappa shape index (κ2) is 6.62. The van der Waals surface area contributed by atoms with Gasteiger partial charge in [-0.25, -0.2) is 15.0 Å². The zero-order chi connectivity index (χ0) is 18.4. The molecular weight excluding hydrogens is 393 g/mol. The van der Waals surface area contributed by atoms with Crippen LogP contribution in [0.3, 0.4) is 0 Å². The molecule has 3 aromatic heterocycles. The fourth-order valence-corrected chi connectivity index (χ4v) is 4.29. The van der Waals surface area contributed by atoms with Gasteiger partial charge < -0.3 is 5.73 Å². The summed E-state index contributed by atoms with van der Waals surface area (Å²) in [5.74, 6) is -0.230. The topological polar surface area (TPSA) is 64.7 Å². The van der Waals surface area contributed by atoms with Crippen molar-refractivity contribution in [1.82, 2.24) is 15.0 Å². The van der Waals surface area contributed by atoms with Crippen LogP contribution in [0.15, 0.2) is 23.4 Å². The van der Waals surface area contributed by atoms with Gasteiger partial charge in [0.15, 0.2) is 10.9 Å². The van der Waals surface area contributed by atoms with Crippen molar-refractivity contribution in [3.05, 3.63) is 39.6 Å². The molecule has 0 saturated heterocycles. The van der Waals surface area contributed by atoms with E-state index in [1.807, 2.05) is 19.1 Å². The minimum atomic E-state index is -4.58. The number of fused-ring (bicyclic) bond motifs is 1. The molecule has 0 radical (unpaired) electrons. The molecule has 0 aliphatic carbocycles. The number of nitrogens with zero attached hydrogens (tertiary/aromatic N) is 3. The molecule has 1 unspecified atom stereocenters. The lowest BCUT2D eigenvalue weighted by Gasteiger charge is -2.12. The summed E-state index contributed by atoms with van der Waals surface area (Å²) in [7, 11) is 0. The number of aryl methyl sites for hydroxylation is 1. The number of hydrogen-bond acceptors (Lipinski definition) is 6. The molecule has 4 nitrogen and oxygen atoms in total. The van der Waals surface area contributed by atoms with Crippen molar-refractivity contribution < 1.29 is 13.2 Å². The average Bonchev–Trinajstić information content (AvgIpc) is 2.86. The predicted molar refractivity (Wildman–Crippen MR) is 95.1 cm³/mol. The molecule has 0 aliphatic heterocycles. The number of rotatable bonds is 3. The maximum absolute atomic E-state index is 12.9. The zero-order valence-corrected chi connectivity index (χ0v) is 15.4. The smallest absolute Gasteiger partial charge is 0.384 e. The Balaban J connectivity index is 1.92. The van der Waals surface area contributed by atoms with Crippen LogP contribution in [0.25, 0.3) is 10.1 Å². The van der Waals surface area contributed by atoms with E-state index >= 15 is 0 Å². The lowest BCUT2D eigenvalue weighted by Crippen LogP contribution is -2.11. The summed E-state index contributed by atoms with van der Waals surface area (Å²) in [6.45, 7) is 3.77. The highest BCUT2D eigenvalue weighted by Crippen LogP contribution is 2.38. The Kier molecular flexibility index (Phi) is 4.82. The van der Waals surface area contributed by atoms with Crippen molar-refractivity contribution in [2.24, 2.45) is 0 Å². The summed E-state index contributed by atoms with van der Waals surface area (Å²) >= 11 is 8.81. The van der Waals surface area contributed by atoms with E-state index in [1.54, 1.807) is 18.3 Å². The number of pyridine rings is 1. The monoisotopic (exact) mass is 404 g/mol. The fourth-order valence-electron chi connectivity index (χ4n) is 2.23. The van der Waals surface area contributed by atoms with E-state index in [9.17, 15) is 13.2 Å². The number of nitrogen functional groups attached to an aromatic ring is 1. The molecule has 0 spiro atoms. The second-order valence-corrected chi connectivity index (χ2v) is 8.25. The van der Waals surface area contributed by atoms with E-state index < -0.39 is 11.9 Å². The molecule has 25 heavy (non-hydrogen) atoms. The van der Waals surface area contributed by atoms with Crippen LogP contribution in [-0.2, 0) is 6.18 Å². The van der Waals surface area contributed by atoms with Crippen LogP contribution in [0, 0.1) is 6.92 Å². The van der Waals surface area contributed by atoms with Crippen LogP contribution in [0.5, 0.6) is 0 Å². The van der Waals surface area contributed by atoms with Crippen LogP contribution in [0.4, 0.5) is 19.0 Å². The Morgan fingerprint density at radius 1 is 1.20 bits per heavy atom. The third kappa shape index (κ3) is 3.99. The maximum atomic E-state index is 12.9. The maximum Gasteiger partial charge on any atom is 0.433 e. The highest BCUT2D eigenvalue weighted by Gasteiger charge is 2.33. The van der Waals surface area contributed by atoms with Crippen molar-refractivity contribution >= 4 is 50.6 Å². The normalized spacial score (nSPS) is 13.4. The van der Waals surface area contributed by atoms with Gasteiger partial charge in [0.2, 0.25) is 0 Å². The largest absolute Gasteiger partial charge is 0.433 e. The summed E-state index contributed by atoms with van der Waals surface area (Å²) in [4.78, 5) is 12.9. The standard InChI is InChI=1S/C15H12ClF3N4S2/c1-6-3-8-4-9(21-13(16)12(8)24-6)7(2)25-14-22-10(15(17,18)19)5-11(20)23-14/h3-5,7H,1-2H3,(H2,20,22,23). The Labute approximate surface area is 154 Å². The molecule has 1 atom stereocenters. The van der Waals surface area contributed by atoms with Crippen LogP contribution >= 0.6 is 34.7 Å². The lowest BCUT2D eigenvalue weighted by atomic mass is 10.2. The molecule has 0 aliphatic rings. The number of halogens is 4. The summed E-state index contributed by atoms with van der Waals surface area (Å²) in [5.41, 5.74) is 5.05. The number of thioether (sulfide) groups is 1. The van der Waals surface area contributed by atoms with Gasteiger partial charge >= 0.3 is 6.18 Å². The number of alkyl halides is 3. The first-order valence-corrected chi connectivity index (χ1v) is 9.16. The summed E-state index contributed by atoms with van der Waals surface area (Å²) < 4.78 is 39.5. The van der Waals surface area contributed by atoms with Crippen molar-refractivity contribution in [3.63, 3.8) is 0 Å². The second-order valence-electron chi connectivity index (χ2n) is 5.33. The first-order chi connectivity index (χ1) is 11.6. The molecule has 0 fully saturated rings. The number of nitrogens with two attached hydrogens (primary N) is 1. The van der Waals surface area contributed by atoms with Gasteiger partial charge in [-0.3, -0.25) is 0 Å². The molecule has 3 rings (SSSR count). The molecule has 132 valence electrons. The van der Waals surface area contributed by atoms with E-state index in [0.717, 1.165) is 26.7 Å². The van der Waals surface area contributed by atoms with Gasteiger partial charge in [-0.15, -0.1) is 11.3 Å². The van der Waals surface area contributed by atoms with Crippen LogP contribution < -0.4 is 5.73 Å². The molecule has 2 N–H and O–H groups in total. The van der Waals surface area contributed by atoms with Crippen LogP contribution in [0.1, 0.15) is 28.4 Å². The highest BCUT2D eigenvalue weighted by atomic mass is 35.5.